The van der Waals surface area contributed by atoms with Crippen molar-refractivity contribution in [2.45, 2.75) is 44.7 Å². The van der Waals surface area contributed by atoms with Crippen LogP contribution in [-0.2, 0) is 13.0 Å². The van der Waals surface area contributed by atoms with E-state index in [1.165, 1.54) is 30.4 Å². The van der Waals surface area contributed by atoms with Crippen molar-refractivity contribution in [3.8, 4) is 5.75 Å². The minimum Gasteiger partial charge on any atom is -0.492 e. The van der Waals surface area contributed by atoms with Crippen molar-refractivity contribution in [3.63, 3.8) is 0 Å². The molecular formula is C16H24N2O. The maximum atomic E-state index is 6.02. The molecule has 3 nitrogen and oxygen atoms in total. The van der Waals surface area contributed by atoms with Gasteiger partial charge in [0.15, 0.2) is 0 Å². The van der Waals surface area contributed by atoms with Crippen LogP contribution in [0.3, 0.4) is 0 Å². The molecule has 2 heterocycles. The predicted molar refractivity (Wildman–Crippen MR) is 77.6 cm³/mol. The minimum absolute atomic E-state index is 0.145. The van der Waals surface area contributed by atoms with Crippen molar-refractivity contribution in [1.29, 1.82) is 0 Å². The minimum atomic E-state index is 0.145. The lowest BCUT2D eigenvalue weighted by atomic mass is 9.92. The number of piperidine rings is 1. The fourth-order valence-electron chi connectivity index (χ4n) is 3.03. The molecule has 1 saturated heterocycles. The SMILES string of the molecule is CC1(COc2ccc3c(c2)CNCC3)CCCCN1. The van der Waals surface area contributed by atoms with Crippen LogP contribution in [-0.4, -0.2) is 25.2 Å². The molecule has 0 amide bonds. The van der Waals surface area contributed by atoms with Crippen LogP contribution in [0.2, 0.25) is 0 Å². The summed E-state index contributed by atoms with van der Waals surface area (Å²) < 4.78 is 6.02. The van der Waals surface area contributed by atoms with Gasteiger partial charge in [-0.15, -0.1) is 0 Å². The molecule has 19 heavy (non-hydrogen) atoms. The van der Waals surface area contributed by atoms with Crippen molar-refractivity contribution >= 4 is 0 Å². The third-order valence-corrected chi connectivity index (χ3v) is 4.33. The van der Waals surface area contributed by atoms with E-state index in [9.17, 15) is 0 Å². The predicted octanol–water partition coefficient (Wildman–Crippen LogP) is 2.24. The lowest BCUT2D eigenvalue weighted by Gasteiger charge is -2.34. The Bertz CT molecular complexity index is 438. The third kappa shape index (κ3) is 3.10. The fourth-order valence-corrected chi connectivity index (χ4v) is 3.03. The molecule has 2 N–H and O–H groups in total. The fraction of sp³-hybridized carbons (Fsp3) is 0.625. The van der Waals surface area contributed by atoms with E-state index in [1.807, 2.05) is 0 Å². The molecule has 0 aromatic heterocycles. The molecular weight excluding hydrogens is 236 g/mol. The van der Waals surface area contributed by atoms with Gasteiger partial charge in [-0.3, -0.25) is 0 Å². The number of fused-ring (bicyclic) bond motifs is 1. The maximum Gasteiger partial charge on any atom is 0.119 e. The van der Waals surface area contributed by atoms with Crippen LogP contribution in [0.5, 0.6) is 5.75 Å². The van der Waals surface area contributed by atoms with Crippen LogP contribution in [0, 0.1) is 0 Å². The molecule has 3 rings (SSSR count). The highest BCUT2D eigenvalue weighted by atomic mass is 16.5. The van der Waals surface area contributed by atoms with Gasteiger partial charge < -0.3 is 15.4 Å². The lowest BCUT2D eigenvalue weighted by Crippen LogP contribution is -2.50. The van der Waals surface area contributed by atoms with Gasteiger partial charge in [0.2, 0.25) is 0 Å². The molecule has 0 radical (unpaired) electrons. The smallest absolute Gasteiger partial charge is 0.119 e. The Morgan fingerprint density at radius 3 is 3.00 bits per heavy atom. The number of rotatable bonds is 3. The Kier molecular flexibility index (Phi) is 3.76. The first-order valence-electron chi connectivity index (χ1n) is 7.46. The number of hydrogen-bond acceptors (Lipinski definition) is 3. The first-order valence-corrected chi connectivity index (χ1v) is 7.46. The quantitative estimate of drug-likeness (QED) is 0.874. The van der Waals surface area contributed by atoms with E-state index in [1.54, 1.807) is 0 Å². The summed E-state index contributed by atoms with van der Waals surface area (Å²) in [6.07, 6.45) is 4.94. The van der Waals surface area contributed by atoms with Gasteiger partial charge in [0, 0.05) is 12.1 Å². The highest BCUT2D eigenvalue weighted by molar-refractivity contribution is 5.37. The van der Waals surface area contributed by atoms with E-state index in [2.05, 4.69) is 35.8 Å². The zero-order valence-electron chi connectivity index (χ0n) is 11.8. The molecule has 3 heteroatoms. The van der Waals surface area contributed by atoms with Crippen molar-refractivity contribution in [1.82, 2.24) is 10.6 Å². The van der Waals surface area contributed by atoms with E-state index in [4.69, 9.17) is 4.74 Å². The standard InChI is InChI=1S/C16H24N2O/c1-16(7-2-3-8-18-16)12-19-15-5-4-13-6-9-17-11-14(13)10-15/h4-5,10,17-18H,2-3,6-9,11-12H2,1H3. The van der Waals surface area contributed by atoms with Crippen LogP contribution in [0.15, 0.2) is 18.2 Å². The highest BCUT2D eigenvalue weighted by Crippen LogP contribution is 2.23. The zero-order valence-corrected chi connectivity index (χ0v) is 11.8. The van der Waals surface area contributed by atoms with E-state index >= 15 is 0 Å². The van der Waals surface area contributed by atoms with E-state index < -0.39 is 0 Å². The van der Waals surface area contributed by atoms with Crippen molar-refractivity contribution in [3.05, 3.63) is 29.3 Å². The second-order valence-corrected chi connectivity index (χ2v) is 6.09. The Morgan fingerprint density at radius 2 is 2.16 bits per heavy atom. The molecule has 2 aliphatic rings. The molecule has 1 fully saturated rings. The topological polar surface area (TPSA) is 33.3 Å². The Morgan fingerprint density at radius 1 is 1.21 bits per heavy atom. The van der Waals surface area contributed by atoms with Crippen LogP contribution >= 0.6 is 0 Å². The van der Waals surface area contributed by atoms with Crippen LogP contribution in [0.25, 0.3) is 0 Å². The molecule has 1 aromatic rings. The summed E-state index contributed by atoms with van der Waals surface area (Å²) in [5, 5.41) is 7.00. The van der Waals surface area contributed by atoms with Crippen LogP contribution in [0.1, 0.15) is 37.3 Å². The average molecular weight is 260 g/mol. The van der Waals surface area contributed by atoms with Crippen molar-refractivity contribution in [2.24, 2.45) is 0 Å². The molecule has 0 spiro atoms. The number of ether oxygens (including phenoxy) is 1. The van der Waals surface area contributed by atoms with Crippen LogP contribution < -0.4 is 15.4 Å². The van der Waals surface area contributed by atoms with Gasteiger partial charge in [0.05, 0.1) is 0 Å². The normalized spacial score (nSPS) is 26.8. The molecule has 0 bridgehead atoms. The zero-order chi connectivity index (χ0) is 13.1. The van der Waals surface area contributed by atoms with E-state index in [0.29, 0.717) is 0 Å². The number of nitrogens with one attached hydrogen (secondary N) is 2. The van der Waals surface area contributed by atoms with Gasteiger partial charge in [-0.05, 0) is 62.5 Å². The second kappa shape index (κ2) is 5.51. The van der Waals surface area contributed by atoms with Crippen molar-refractivity contribution < 1.29 is 4.74 Å². The molecule has 104 valence electrons. The number of hydrogen-bond donors (Lipinski definition) is 2. The largest absolute Gasteiger partial charge is 0.492 e. The first kappa shape index (κ1) is 12.9. The van der Waals surface area contributed by atoms with Gasteiger partial charge in [0.25, 0.3) is 0 Å². The average Bonchev–Trinajstić information content (AvgIpc) is 2.46. The first-order chi connectivity index (χ1) is 9.25. The summed E-state index contributed by atoms with van der Waals surface area (Å²) in [7, 11) is 0. The monoisotopic (exact) mass is 260 g/mol. The molecule has 1 unspecified atom stereocenters. The van der Waals surface area contributed by atoms with Gasteiger partial charge >= 0.3 is 0 Å². The lowest BCUT2D eigenvalue weighted by molar-refractivity contribution is 0.163. The third-order valence-electron chi connectivity index (χ3n) is 4.33. The Labute approximate surface area is 115 Å². The molecule has 1 atom stereocenters. The highest BCUT2D eigenvalue weighted by Gasteiger charge is 2.27. The summed E-state index contributed by atoms with van der Waals surface area (Å²) >= 11 is 0. The number of benzene rings is 1. The van der Waals surface area contributed by atoms with Gasteiger partial charge in [-0.25, -0.2) is 0 Å². The van der Waals surface area contributed by atoms with Crippen LogP contribution in [0.4, 0.5) is 0 Å². The summed E-state index contributed by atoms with van der Waals surface area (Å²) in [5.41, 5.74) is 3.01. The molecule has 0 saturated carbocycles. The molecule has 0 aliphatic carbocycles. The van der Waals surface area contributed by atoms with Crippen molar-refractivity contribution in [2.75, 3.05) is 19.7 Å². The van der Waals surface area contributed by atoms with Gasteiger partial charge in [-0.1, -0.05) is 12.5 Å². The molecule has 1 aromatic carbocycles. The molecule has 2 aliphatic heterocycles. The maximum absolute atomic E-state index is 6.02. The summed E-state index contributed by atoms with van der Waals surface area (Å²) in [4.78, 5) is 0. The van der Waals surface area contributed by atoms with E-state index in [-0.39, 0.29) is 5.54 Å². The van der Waals surface area contributed by atoms with E-state index in [0.717, 1.165) is 38.4 Å². The van der Waals surface area contributed by atoms with Gasteiger partial charge in [0.1, 0.15) is 12.4 Å². The summed E-state index contributed by atoms with van der Waals surface area (Å²) in [6, 6.07) is 6.55. The Balaban J connectivity index is 1.63. The summed E-state index contributed by atoms with van der Waals surface area (Å²) in [6.45, 7) is 6.22. The second-order valence-electron chi connectivity index (χ2n) is 6.09. The Hall–Kier alpha value is -1.06. The van der Waals surface area contributed by atoms with Gasteiger partial charge in [-0.2, -0.15) is 0 Å². The summed E-state index contributed by atoms with van der Waals surface area (Å²) in [5.74, 6) is 1.01.